The second kappa shape index (κ2) is 7.93. The van der Waals surface area contributed by atoms with Crippen molar-refractivity contribution in [1.29, 1.82) is 0 Å². The Morgan fingerprint density at radius 1 is 1.26 bits per heavy atom. The number of ether oxygens (including phenoxy) is 2. The summed E-state index contributed by atoms with van der Waals surface area (Å²) in [5, 5.41) is 3.82. The Kier molecular flexibility index (Phi) is 5.68. The van der Waals surface area contributed by atoms with Crippen molar-refractivity contribution in [2.24, 2.45) is 5.10 Å². The molecular formula is C17H17FN2O3. The first-order valence-electron chi connectivity index (χ1n) is 7.04. The van der Waals surface area contributed by atoms with Crippen LogP contribution in [-0.2, 0) is 0 Å². The van der Waals surface area contributed by atoms with E-state index in [1.54, 1.807) is 31.4 Å². The third-order valence-corrected chi connectivity index (χ3v) is 2.99. The van der Waals surface area contributed by atoms with Crippen molar-refractivity contribution < 1.29 is 18.7 Å². The maximum Gasteiger partial charge on any atom is 0.274 e. The van der Waals surface area contributed by atoms with Crippen LogP contribution in [0.1, 0.15) is 22.8 Å². The summed E-state index contributed by atoms with van der Waals surface area (Å²) in [6.07, 6.45) is 1.44. The Bertz CT molecular complexity index is 717. The summed E-state index contributed by atoms with van der Waals surface area (Å²) in [5.74, 6) is -0.0149. The Balaban J connectivity index is 2.06. The van der Waals surface area contributed by atoms with Crippen molar-refractivity contribution in [2.75, 3.05) is 13.7 Å². The van der Waals surface area contributed by atoms with E-state index in [1.165, 1.54) is 24.4 Å². The third kappa shape index (κ3) is 4.29. The minimum Gasteiger partial charge on any atom is -0.493 e. The number of hydrazone groups is 1. The zero-order valence-electron chi connectivity index (χ0n) is 12.9. The van der Waals surface area contributed by atoms with Crippen LogP contribution in [0.15, 0.2) is 47.6 Å². The molecule has 0 aliphatic heterocycles. The molecule has 120 valence electrons. The lowest BCUT2D eigenvalue weighted by Crippen LogP contribution is -2.18. The number of nitrogens with zero attached hydrogens (tertiary/aromatic N) is 1. The van der Waals surface area contributed by atoms with E-state index in [2.05, 4.69) is 10.5 Å². The number of carbonyl (C=O) groups excluding carboxylic acids is 1. The first-order valence-corrected chi connectivity index (χ1v) is 7.04. The molecule has 0 aromatic heterocycles. The number of nitrogens with one attached hydrogen (secondary N) is 1. The van der Waals surface area contributed by atoms with Crippen molar-refractivity contribution in [3.8, 4) is 11.5 Å². The number of hydrogen-bond acceptors (Lipinski definition) is 4. The van der Waals surface area contributed by atoms with E-state index in [9.17, 15) is 9.18 Å². The highest BCUT2D eigenvalue weighted by atomic mass is 19.1. The SMILES string of the molecule is CCOc1ccc(C=NNC(=O)c2ccccc2F)cc1OC. The van der Waals surface area contributed by atoms with E-state index in [1.807, 2.05) is 6.92 Å². The molecule has 0 aliphatic rings. The van der Waals surface area contributed by atoms with Gasteiger partial charge in [0.05, 0.1) is 25.5 Å². The Labute approximate surface area is 133 Å². The lowest BCUT2D eigenvalue weighted by atomic mass is 10.2. The quantitative estimate of drug-likeness (QED) is 0.658. The first kappa shape index (κ1) is 16.5. The molecule has 0 saturated heterocycles. The Hall–Kier alpha value is -2.89. The molecule has 0 aliphatic carbocycles. The molecule has 0 saturated carbocycles. The van der Waals surface area contributed by atoms with Crippen LogP contribution in [-0.4, -0.2) is 25.8 Å². The van der Waals surface area contributed by atoms with Gasteiger partial charge in [-0.1, -0.05) is 12.1 Å². The number of benzene rings is 2. The summed E-state index contributed by atoms with van der Waals surface area (Å²) in [6.45, 7) is 2.41. The van der Waals surface area contributed by atoms with Gasteiger partial charge in [-0.15, -0.1) is 0 Å². The van der Waals surface area contributed by atoms with Crippen LogP contribution in [0, 0.1) is 5.82 Å². The molecule has 6 heteroatoms. The summed E-state index contributed by atoms with van der Waals surface area (Å²) in [5.41, 5.74) is 2.93. The van der Waals surface area contributed by atoms with Gasteiger partial charge in [0.1, 0.15) is 5.82 Å². The average molecular weight is 316 g/mol. The van der Waals surface area contributed by atoms with E-state index >= 15 is 0 Å². The summed E-state index contributed by atoms with van der Waals surface area (Å²) < 4.78 is 24.1. The van der Waals surface area contributed by atoms with Crippen molar-refractivity contribution in [2.45, 2.75) is 6.92 Å². The van der Waals surface area contributed by atoms with Gasteiger partial charge in [0.15, 0.2) is 11.5 Å². The van der Waals surface area contributed by atoms with Crippen molar-refractivity contribution >= 4 is 12.1 Å². The number of rotatable bonds is 6. The predicted octanol–water partition coefficient (Wildman–Crippen LogP) is 3.00. The van der Waals surface area contributed by atoms with E-state index < -0.39 is 11.7 Å². The molecule has 0 unspecified atom stereocenters. The smallest absolute Gasteiger partial charge is 0.274 e. The largest absolute Gasteiger partial charge is 0.493 e. The van der Waals surface area contributed by atoms with Crippen molar-refractivity contribution in [1.82, 2.24) is 5.43 Å². The molecule has 0 bridgehead atoms. The molecule has 1 amide bonds. The van der Waals surface area contributed by atoms with Crippen LogP contribution in [0.25, 0.3) is 0 Å². The fraction of sp³-hybridized carbons (Fsp3) is 0.176. The van der Waals surface area contributed by atoms with Crippen molar-refractivity contribution in [3.05, 3.63) is 59.4 Å². The van der Waals surface area contributed by atoms with Crippen LogP contribution in [0.3, 0.4) is 0 Å². The van der Waals surface area contributed by atoms with Gasteiger partial charge in [-0.05, 0) is 42.8 Å². The van der Waals surface area contributed by atoms with E-state index in [0.717, 1.165) is 0 Å². The second-order valence-electron chi connectivity index (χ2n) is 4.52. The number of amides is 1. The molecule has 0 atom stereocenters. The van der Waals surface area contributed by atoms with Gasteiger partial charge in [-0.3, -0.25) is 4.79 Å². The van der Waals surface area contributed by atoms with Crippen LogP contribution in [0.2, 0.25) is 0 Å². The van der Waals surface area contributed by atoms with Gasteiger partial charge in [0.25, 0.3) is 5.91 Å². The van der Waals surface area contributed by atoms with Gasteiger partial charge >= 0.3 is 0 Å². The zero-order chi connectivity index (χ0) is 16.7. The summed E-state index contributed by atoms with van der Waals surface area (Å²) in [6, 6.07) is 11.0. The normalized spacial score (nSPS) is 10.6. The fourth-order valence-corrected chi connectivity index (χ4v) is 1.91. The van der Waals surface area contributed by atoms with Crippen molar-refractivity contribution in [3.63, 3.8) is 0 Å². The van der Waals surface area contributed by atoms with E-state index in [-0.39, 0.29) is 5.56 Å². The molecule has 2 aromatic rings. The van der Waals surface area contributed by atoms with Gasteiger partial charge in [0, 0.05) is 0 Å². The van der Waals surface area contributed by atoms with Crippen LogP contribution in [0.5, 0.6) is 11.5 Å². The Morgan fingerprint density at radius 2 is 2.04 bits per heavy atom. The minimum atomic E-state index is -0.614. The summed E-state index contributed by atoms with van der Waals surface area (Å²) >= 11 is 0. The van der Waals surface area contributed by atoms with E-state index in [4.69, 9.17) is 9.47 Å². The van der Waals surface area contributed by atoms with Gasteiger partial charge in [0.2, 0.25) is 0 Å². The topological polar surface area (TPSA) is 59.9 Å². The summed E-state index contributed by atoms with van der Waals surface area (Å²) in [4.78, 5) is 11.8. The molecule has 5 nitrogen and oxygen atoms in total. The van der Waals surface area contributed by atoms with E-state index in [0.29, 0.717) is 23.7 Å². The van der Waals surface area contributed by atoms with Crippen LogP contribution < -0.4 is 14.9 Å². The van der Waals surface area contributed by atoms with Crippen LogP contribution in [0.4, 0.5) is 4.39 Å². The number of methoxy groups -OCH3 is 1. The maximum atomic E-state index is 13.5. The molecule has 1 N–H and O–H groups in total. The lowest BCUT2D eigenvalue weighted by molar-refractivity contribution is 0.0951. The molecule has 0 heterocycles. The predicted molar refractivity (Wildman–Crippen MR) is 85.6 cm³/mol. The molecular weight excluding hydrogens is 299 g/mol. The van der Waals surface area contributed by atoms with Gasteiger partial charge < -0.3 is 9.47 Å². The zero-order valence-corrected chi connectivity index (χ0v) is 12.9. The Morgan fingerprint density at radius 3 is 2.74 bits per heavy atom. The third-order valence-electron chi connectivity index (χ3n) is 2.99. The summed E-state index contributed by atoms with van der Waals surface area (Å²) in [7, 11) is 1.54. The van der Waals surface area contributed by atoms with Crippen LogP contribution >= 0.6 is 0 Å². The molecule has 0 spiro atoms. The molecule has 2 rings (SSSR count). The van der Waals surface area contributed by atoms with Gasteiger partial charge in [-0.2, -0.15) is 5.10 Å². The lowest BCUT2D eigenvalue weighted by Gasteiger charge is -2.09. The monoisotopic (exact) mass is 316 g/mol. The highest BCUT2D eigenvalue weighted by Crippen LogP contribution is 2.27. The second-order valence-corrected chi connectivity index (χ2v) is 4.52. The first-order chi connectivity index (χ1) is 11.2. The fourth-order valence-electron chi connectivity index (χ4n) is 1.91. The number of carbonyl (C=O) groups is 1. The average Bonchev–Trinajstić information content (AvgIpc) is 2.56. The molecule has 0 radical (unpaired) electrons. The standard InChI is InChI=1S/C17H17FN2O3/c1-3-23-15-9-8-12(10-16(15)22-2)11-19-20-17(21)13-6-4-5-7-14(13)18/h4-11H,3H2,1-2H3,(H,20,21). The molecule has 0 fully saturated rings. The maximum absolute atomic E-state index is 13.5. The number of halogens is 1. The molecule has 2 aromatic carbocycles. The highest BCUT2D eigenvalue weighted by Gasteiger charge is 2.09. The minimum absolute atomic E-state index is 0.0612. The molecule has 23 heavy (non-hydrogen) atoms. The van der Waals surface area contributed by atoms with Gasteiger partial charge in [-0.25, -0.2) is 9.82 Å². The highest BCUT2D eigenvalue weighted by molar-refractivity contribution is 5.95. The number of hydrogen-bond donors (Lipinski definition) is 1.